The van der Waals surface area contributed by atoms with Crippen molar-refractivity contribution in [1.29, 1.82) is 0 Å². The summed E-state index contributed by atoms with van der Waals surface area (Å²) in [5, 5.41) is 30.1. The maximum absolute atomic E-state index is 11.4. The Morgan fingerprint density at radius 1 is 0.649 bits per heavy atom. The number of allylic oxidation sites excluding steroid dienone is 1. The average molecular weight is 526 g/mol. The molecule has 0 aromatic heterocycles. The molecule has 3 atom stereocenters. The summed E-state index contributed by atoms with van der Waals surface area (Å²) in [6, 6.07) is 0. The molecular weight excluding hydrogens is 470 g/mol. The topological polar surface area (TPSA) is 115 Å². The maximum atomic E-state index is 11.4. The highest BCUT2D eigenvalue weighted by molar-refractivity contribution is 5.69. The summed E-state index contributed by atoms with van der Waals surface area (Å²) in [6.07, 6.45) is 19.3. The van der Waals surface area contributed by atoms with Crippen molar-refractivity contribution in [2.75, 3.05) is 26.2 Å². The van der Waals surface area contributed by atoms with E-state index in [1.807, 2.05) is 0 Å². The number of aliphatic carboxylic acids is 3. The summed E-state index contributed by atoms with van der Waals surface area (Å²) < 4.78 is 0.537. The lowest BCUT2D eigenvalue weighted by Crippen LogP contribution is -2.52. The summed E-state index contributed by atoms with van der Waals surface area (Å²) in [6.45, 7) is 9.74. The standard InChI is InChI=1S/C30H55NO6/c1-5-6-7-8-9-10-11-12-13-14-15-16-17-21-31(22-18-25(2)28(32)33,23-19-26(3)29(34)35)24-20-27(4)30(36)37/h15-16,25-27H,5-14,17-24H2,1-4H3,(H2-,32,33,34,35,36,37)/b16-15+. The van der Waals surface area contributed by atoms with Crippen LogP contribution >= 0.6 is 0 Å². The van der Waals surface area contributed by atoms with Gasteiger partial charge in [0.2, 0.25) is 0 Å². The Morgan fingerprint density at radius 3 is 1.49 bits per heavy atom. The number of nitrogens with zero attached hydrogens (tertiary/aromatic N) is 1. The van der Waals surface area contributed by atoms with Gasteiger partial charge < -0.3 is 24.6 Å². The van der Waals surface area contributed by atoms with Crippen molar-refractivity contribution < 1.29 is 34.2 Å². The monoisotopic (exact) mass is 525 g/mol. The molecule has 0 saturated carbocycles. The van der Waals surface area contributed by atoms with Crippen molar-refractivity contribution in [3.05, 3.63) is 12.2 Å². The lowest BCUT2D eigenvalue weighted by atomic mass is 10.0. The Balaban J connectivity index is 4.95. The molecular formula is C30H55NO6. The number of hydrogen-bond donors (Lipinski definition) is 2. The van der Waals surface area contributed by atoms with E-state index in [9.17, 15) is 29.7 Å². The van der Waals surface area contributed by atoms with E-state index in [0.717, 1.165) is 19.4 Å². The van der Waals surface area contributed by atoms with Crippen LogP contribution in [0, 0.1) is 17.8 Å². The summed E-state index contributed by atoms with van der Waals surface area (Å²) in [5.74, 6) is -4.39. The van der Waals surface area contributed by atoms with Gasteiger partial charge in [-0.15, -0.1) is 0 Å². The third-order valence-corrected chi connectivity index (χ3v) is 7.77. The Bertz CT molecular complexity index is 603. The van der Waals surface area contributed by atoms with Crippen molar-refractivity contribution in [3.63, 3.8) is 0 Å². The molecule has 0 rings (SSSR count). The van der Waals surface area contributed by atoms with Crippen molar-refractivity contribution in [1.82, 2.24) is 0 Å². The zero-order valence-corrected chi connectivity index (χ0v) is 24.1. The van der Waals surface area contributed by atoms with Crippen molar-refractivity contribution in [2.45, 2.75) is 118 Å². The highest BCUT2D eigenvalue weighted by Gasteiger charge is 2.30. The minimum absolute atomic E-state index is 0.424. The first-order chi connectivity index (χ1) is 17.5. The number of carbonyl (C=O) groups excluding carboxylic acids is 1. The van der Waals surface area contributed by atoms with Crippen molar-refractivity contribution in [3.8, 4) is 0 Å². The molecule has 0 amide bonds. The predicted octanol–water partition coefficient (Wildman–Crippen LogP) is 5.67. The smallest absolute Gasteiger partial charge is 0.306 e. The molecule has 0 heterocycles. The summed E-state index contributed by atoms with van der Waals surface area (Å²) >= 11 is 0. The van der Waals surface area contributed by atoms with Crippen LogP contribution in [0.2, 0.25) is 0 Å². The van der Waals surface area contributed by atoms with Gasteiger partial charge in [-0.25, -0.2) is 0 Å². The Morgan fingerprint density at radius 2 is 1.05 bits per heavy atom. The van der Waals surface area contributed by atoms with E-state index in [-0.39, 0.29) is 0 Å². The lowest BCUT2D eigenvalue weighted by Gasteiger charge is -2.40. The van der Waals surface area contributed by atoms with E-state index in [2.05, 4.69) is 19.1 Å². The number of quaternary nitrogens is 1. The number of carboxylic acid groups (broad SMARTS) is 3. The zero-order chi connectivity index (χ0) is 28.1. The van der Waals surface area contributed by atoms with Gasteiger partial charge in [-0.1, -0.05) is 91.2 Å². The maximum Gasteiger partial charge on any atom is 0.306 e. The fraction of sp³-hybridized carbons (Fsp3) is 0.833. The quantitative estimate of drug-likeness (QED) is 0.0902. The highest BCUT2D eigenvalue weighted by atomic mass is 16.4. The first kappa shape index (κ1) is 35.1. The normalized spacial score (nSPS) is 15.8. The zero-order valence-electron chi connectivity index (χ0n) is 24.1. The second kappa shape index (κ2) is 21.1. The molecule has 0 saturated heterocycles. The molecule has 0 aliphatic rings. The van der Waals surface area contributed by atoms with Crippen molar-refractivity contribution in [2.24, 2.45) is 17.8 Å². The Kier molecular flexibility index (Phi) is 20.0. The van der Waals surface area contributed by atoms with Gasteiger partial charge in [-0.2, -0.15) is 0 Å². The second-order valence-corrected chi connectivity index (χ2v) is 11.2. The van der Waals surface area contributed by atoms with Gasteiger partial charge in [-0.3, -0.25) is 9.59 Å². The highest BCUT2D eigenvalue weighted by Crippen LogP contribution is 2.21. The average Bonchev–Trinajstić information content (AvgIpc) is 2.86. The first-order valence-corrected chi connectivity index (χ1v) is 14.7. The van der Waals surface area contributed by atoms with Gasteiger partial charge in [0.25, 0.3) is 0 Å². The van der Waals surface area contributed by atoms with E-state index in [1.54, 1.807) is 20.8 Å². The SMILES string of the molecule is CCCCCCCCCCC/C=C/CC[N+](CCC(C)C(=O)[O-])(CCC(C)C(=O)O)CCC(C)C(=O)O. The molecule has 7 heteroatoms. The van der Waals surface area contributed by atoms with Gasteiger partial charge >= 0.3 is 11.9 Å². The van der Waals surface area contributed by atoms with Crippen LogP contribution in [0.15, 0.2) is 12.2 Å². The molecule has 3 unspecified atom stereocenters. The van der Waals surface area contributed by atoms with Crippen LogP contribution in [0.25, 0.3) is 0 Å². The van der Waals surface area contributed by atoms with Crippen LogP contribution in [0.1, 0.15) is 118 Å². The molecule has 7 nitrogen and oxygen atoms in total. The number of rotatable bonds is 25. The van der Waals surface area contributed by atoms with Crippen LogP contribution < -0.4 is 5.11 Å². The molecule has 37 heavy (non-hydrogen) atoms. The molecule has 0 fully saturated rings. The molecule has 0 aromatic carbocycles. The van der Waals surface area contributed by atoms with Gasteiger partial charge in [0.1, 0.15) is 0 Å². The predicted molar refractivity (Wildman–Crippen MR) is 147 cm³/mol. The van der Waals surface area contributed by atoms with Gasteiger partial charge in [-0.05, 0) is 12.8 Å². The molecule has 216 valence electrons. The third kappa shape index (κ3) is 18.1. The number of carboxylic acids is 3. The Hall–Kier alpha value is -1.89. The van der Waals surface area contributed by atoms with Crippen LogP contribution in [-0.2, 0) is 14.4 Å². The molecule has 0 aliphatic heterocycles. The molecule has 0 aromatic rings. The number of hydrogen-bond acceptors (Lipinski definition) is 4. The minimum Gasteiger partial charge on any atom is -0.550 e. The van der Waals surface area contributed by atoms with Crippen molar-refractivity contribution >= 4 is 17.9 Å². The number of unbranched alkanes of at least 4 members (excludes halogenated alkanes) is 9. The van der Waals surface area contributed by atoms with Crippen LogP contribution in [0.3, 0.4) is 0 Å². The molecule has 0 radical (unpaired) electrons. The van der Waals surface area contributed by atoms with E-state index >= 15 is 0 Å². The lowest BCUT2D eigenvalue weighted by molar-refractivity contribution is -0.929. The fourth-order valence-electron chi connectivity index (χ4n) is 4.60. The van der Waals surface area contributed by atoms with E-state index in [4.69, 9.17) is 0 Å². The molecule has 0 aliphatic carbocycles. The summed E-state index contributed by atoms with van der Waals surface area (Å²) in [4.78, 5) is 34.2. The molecule has 2 N–H and O–H groups in total. The summed E-state index contributed by atoms with van der Waals surface area (Å²) in [7, 11) is 0. The minimum atomic E-state index is -1.09. The van der Waals surface area contributed by atoms with Gasteiger partial charge in [0.05, 0.1) is 38.0 Å². The largest absolute Gasteiger partial charge is 0.550 e. The Labute approximate surface area is 225 Å². The first-order valence-electron chi connectivity index (χ1n) is 14.7. The fourth-order valence-corrected chi connectivity index (χ4v) is 4.60. The van der Waals surface area contributed by atoms with E-state index in [1.165, 1.54) is 57.8 Å². The van der Waals surface area contributed by atoms with E-state index < -0.39 is 35.7 Å². The molecule has 0 bridgehead atoms. The van der Waals surface area contributed by atoms with Crippen LogP contribution in [0.4, 0.5) is 0 Å². The summed E-state index contributed by atoms with van der Waals surface area (Å²) in [5.41, 5.74) is 0. The van der Waals surface area contributed by atoms with Crippen LogP contribution in [0.5, 0.6) is 0 Å². The number of carbonyl (C=O) groups is 3. The third-order valence-electron chi connectivity index (χ3n) is 7.77. The second-order valence-electron chi connectivity index (χ2n) is 11.2. The van der Waals surface area contributed by atoms with Gasteiger partial charge in [0, 0.05) is 37.6 Å². The van der Waals surface area contributed by atoms with Crippen LogP contribution in [-0.4, -0.2) is 58.8 Å². The van der Waals surface area contributed by atoms with Gasteiger partial charge in [0.15, 0.2) is 0 Å². The van der Waals surface area contributed by atoms with E-state index in [0.29, 0.717) is 43.4 Å². The molecule has 0 spiro atoms.